The molecule has 1 aliphatic carbocycles. The Morgan fingerprint density at radius 1 is 1.12 bits per heavy atom. The number of carbonyl (C=O) groups excluding carboxylic acids is 1. The molecule has 1 aromatic carbocycles. The van der Waals surface area contributed by atoms with Crippen LogP contribution in [0.4, 0.5) is 5.69 Å². The largest absolute Gasteiger partial charge is 0.508 e. The third-order valence-electron chi connectivity index (χ3n) is 6.01. The Labute approximate surface area is 151 Å². The fourth-order valence-electron chi connectivity index (χ4n) is 4.07. The first kappa shape index (κ1) is 18.1. The van der Waals surface area contributed by atoms with Gasteiger partial charge >= 0.3 is 0 Å². The van der Waals surface area contributed by atoms with Gasteiger partial charge in [-0.15, -0.1) is 0 Å². The van der Waals surface area contributed by atoms with E-state index in [0.717, 1.165) is 38.3 Å². The van der Waals surface area contributed by atoms with Gasteiger partial charge in [0, 0.05) is 37.9 Å². The van der Waals surface area contributed by atoms with Crippen molar-refractivity contribution in [2.45, 2.75) is 39.2 Å². The average molecular weight is 345 g/mol. The van der Waals surface area contributed by atoms with Gasteiger partial charge in [-0.1, -0.05) is 26.7 Å². The summed E-state index contributed by atoms with van der Waals surface area (Å²) in [7, 11) is 0. The number of amides is 1. The fourth-order valence-corrected chi connectivity index (χ4v) is 4.07. The Morgan fingerprint density at radius 2 is 1.80 bits per heavy atom. The van der Waals surface area contributed by atoms with Crippen LogP contribution < -0.4 is 10.2 Å². The van der Waals surface area contributed by atoms with E-state index in [4.69, 9.17) is 0 Å². The Balaban J connectivity index is 1.44. The molecule has 1 aromatic rings. The van der Waals surface area contributed by atoms with Gasteiger partial charge in [0.2, 0.25) is 5.91 Å². The van der Waals surface area contributed by atoms with E-state index in [-0.39, 0.29) is 5.91 Å². The predicted octanol–water partition coefficient (Wildman–Crippen LogP) is 2.46. The minimum absolute atomic E-state index is 0.170. The number of phenols is 1. The number of rotatable bonds is 4. The molecule has 1 saturated heterocycles. The van der Waals surface area contributed by atoms with Crippen LogP contribution in [0, 0.1) is 11.8 Å². The molecule has 2 N–H and O–H groups in total. The topological polar surface area (TPSA) is 55.8 Å². The average Bonchev–Trinajstić information content (AvgIpc) is 2.60. The summed E-state index contributed by atoms with van der Waals surface area (Å²) >= 11 is 0. The van der Waals surface area contributed by atoms with Gasteiger partial charge in [-0.05, 0) is 42.5 Å². The number of phenolic OH excluding ortho intramolecular Hbond substituents is 1. The molecule has 0 aromatic heterocycles. The van der Waals surface area contributed by atoms with Crippen molar-refractivity contribution in [3.8, 4) is 5.75 Å². The van der Waals surface area contributed by atoms with Crippen LogP contribution in [0.5, 0.6) is 5.75 Å². The smallest absolute Gasteiger partial charge is 0.234 e. The maximum absolute atomic E-state index is 12.4. The van der Waals surface area contributed by atoms with E-state index in [9.17, 15) is 9.90 Å². The number of carbonyl (C=O) groups is 1. The van der Waals surface area contributed by atoms with Crippen LogP contribution in [-0.4, -0.2) is 54.7 Å². The summed E-state index contributed by atoms with van der Waals surface area (Å²) in [4.78, 5) is 17.0. The minimum atomic E-state index is 0.170. The van der Waals surface area contributed by atoms with Gasteiger partial charge in [0.25, 0.3) is 0 Å². The second kappa shape index (κ2) is 8.09. The first-order valence-electron chi connectivity index (χ1n) is 9.58. The highest BCUT2D eigenvalue weighted by Gasteiger charge is 2.28. The van der Waals surface area contributed by atoms with E-state index < -0.39 is 0 Å². The molecular formula is C20H31N3O2. The molecule has 1 amide bonds. The number of nitrogens with one attached hydrogen (secondary N) is 1. The van der Waals surface area contributed by atoms with Crippen LogP contribution in [0.15, 0.2) is 24.3 Å². The Kier molecular flexibility index (Phi) is 5.84. The molecule has 5 heteroatoms. The third-order valence-corrected chi connectivity index (χ3v) is 6.01. The standard InChI is InChI=1S/C20H31N3O2/c1-15-4-3-5-19(16(15)2)21-20(25)14-22-10-12-23(13-11-22)17-6-8-18(24)9-7-17/h6-9,15-16,19,24H,3-5,10-14H2,1-2H3,(H,21,25)/t15-,16-,19-/m1/s1. The molecule has 25 heavy (non-hydrogen) atoms. The van der Waals surface area contributed by atoms with E-state index in [1.165, 1.54) is 12.8 Å². The van der Waals surface area contributed by atoms with Crippen molar-refractivity contribution < 1.29 is 9.90 Å². The molecule has 1 aliphatic heterocycles. The highest BCUT2D eigenvalue weighted by atomic mass is 16.3. The molecule has 0 bridgehead atoms. The lowest BCUT2D eigenvalue weighted by Gasteiger charge is -2.37. The predicted molar refractivity (Wildman–Crippen MR) is 101 cm³/mol. The van der Waals surface area contributed by atoms with E-state index in [0.29, 0.717) is 30.2 Å². The van der Waals surface area contributed by atoms with Gasteiger partial charge in [-0.2, -0.15) is 0 Å². The highest BCUT2D eigenvalue weighted by Crippen LogP contribution is 2.29. The number of hydrogen-bond acceptors (Lipinski definition) is 4. The summed E-state index contributed by atoms with van der Waals surface area (Å²) in [6, 6.07) is 7.69. The lowest BCUT2D eigenvalue weighted by atomic mass is 9.78. The van der Waals surface area contributed by atoms with Crippen LogP contribution >= 0.6 is 0 Å². The maximum atomic E-state index is 12.4. The van der Waals surface area contributed by atoms with Crippen molar-refractivity contribution in [1.29, 1.82) is 0 Å². The van der Waals surface area contributed by atoms with Crippen LogP contribution in [0.1, 0.15) is 33.1 Å². The molecule has 1 heterocycles. The van der Waals surface area contributed by atoms with E-state index in [1.54, 1.807) is 12.1 Å². The van der Waals surface area contributed by atoms with E-state index >= 15 is 0 Å². The van der Waals surface area contributed by atoms with Crippen LogP contribution in [0.2, 0.25) is 0 Å². The van der Waals surface area contributed by atoms with Gasteiger partial charge < -0.3 is 15.3 Å². The SMILES string of the molecule is C[C@@H]1[C@H](C)CCC[C@H]1NC(=O)CN1CCN(c2ccc(O)cc2)CC1. The van der Waals surface area contributed by atoms with Crippen molar-refractivity contribution in [3.63, 3.8) is 0 Å². The molecule has 0 radical (unpaired) electrons. The molecule has 5 nitrogen and oxygen atoms in total. The Morgan fingerprint density at radius 3 is 2.48 bits per heavy atom. The van der Waals surface area contributed by atoms with Crippen molar-refractivity contribution in [3.05, 3.63) is 24.3 Å². The molecule has 138 valence electrons. The van der Waals surface area contributed by atoms with Crippen LogP contribution in [-0.2, 0) is 4.79 Å². The Hall–Kier alpha value is -1.75. The van der Waals surface area contributed by atoms with Gasteiger partial charge in [0.1, 0.15) is 5.75 Å². The summed E-state index contributed by atoms with van der Waals surface area (Å²) in [5.74, 6) is 1.74. The number of anilines is 1. The summed E-state index contributed by atoms with van der Waals surface area (Å²) in [6.07, 6.45) is 3.63. The highest BCUT2D eigenvalue weighted by molar-refractivity contribution is 5.78. The number of benzene rings is 1. The van der Waals surface area contributed by atoms with Crippen LogP contribution in [0.3, 0.4) is 0 Å². The Bertz CT molecular complexity index is 567. The van der Waals surface area contributed by atoms with Crippen molar-refractivity contribution in [1.82, 2.24) is 10.2 Å². The number of hydrogen-bond donors (Lipinski definition) is 2. The number of piperazine rings is 1. The zero-order chi connectivity index (χ0) is 17.8. The van der Waals surface area contributed by atoms with Crippen molar-refractivity contribution in [2.75, 3.05) is 37.6 Å². The monoisotopic (exact) mass is 345 g/mol. The molecule has 2 fully saturated rings. The number of nitrogens with zero attached hydrogens (tertiary/aromatic N) is 2. The summed E-state index contributed by atoms with van der Waals surface area (Å²) < 4.78 is 0. The normalized spacial score (nSPS) is 27.9. The summed E-state index contributed by atoms with van der Waals surface area (Å²) in [5, 5.41) is 12.7. The molecule has 3 atom stereocenters. The van der Waals surface area contributed by atoms with Gasteiger partial charge in [-0.3, -0.25) is 9.69 Å². The lowest BCUT2D eigenvalue weighted by molar-refractivity contribution is -0.123. The second-order valence-electron chi connectivity index (χ2n) is 7.72. The second-order valence-corrected chi connectivity index (χ2v) is 7.72. The third kappa shape index (κ3) is 4.66. The van der Waals surface area contributed by atoms with Crippen molar-refractivity contribution >= 4 is 11.6 Å². The van der Waals surface area contributed by atoms with E-state index in [2.05, 4.69) is 29.0 Å². The molecule has 0 spiro atoms. The molecule has 2 aliphatic rings. The summed E-state index contributed by atoms with van der Waals surface area (Å²) in [5.41, 5.74) is 1.13. The van der Waals surface area contributed by atoms with Crippen LogP contribution in [0.25, 0.3) is 0 Å². The quantitative estimate of drug-likeness (QED) is 0.880. The molecule has 1 saturated carbocycles. The first-order chi connectivity index (χ1) is 12.0. The summed E-state index contributed by atoms with van der Waals surface area (Å²) in [6.45, 7) is 8.68. The van der Waals surface area contributed by atoms with E-state index in [1.807, 2.05) is 12.1 Å². The van der Waals surface area contributed by atoms with Gasteiger partial charge in [0.15, 0.2) is 0 Å². The molecule has 0 unspecified atom stereocenters. The van der Waals surface area contributed by atoms with Crippen molar-refractivity contribution in [2.24, 2.45) is 11.8 Å². The first-order valence-corrected chi connectivity index (χ1v) is 9.58. The fraction of sp³-hybridized carbons (Fsp3) is 0.650. The minimum Gasteiger partial charge on any atom is -0.508 e. The van der Waals surface area contributed by atoms with Gasteiger partial charge in [0.05, 0.1) is 6.54 Å². The molecule has 3 rings (SSSR count). The number of aromatic hydroxyl groups is 1. The molecular weight excluding hydrogens is 314 g/mol. The maximum Gasteiger partial charge on any atom is 0.234 e. The zero-order valence-electron chi connectivity index (χ0n) is 15.4. The lowest BCUT2D eigenvalue weighted by Crippen LogP contribution is -2.52. The van der Waals surface area contributed by atoms with Gasteiger partial charge in [-0.25, -0.2) is 0 Å². The zero-order valence-corrected chi connectivity index (χ0v) is 15.4.